The number of aryl methyl sites for hydroxylation is 1. The maximum atomic E-state index is 12.3. The number of amides is 1. The van der Waals surface area contributed by atoms with Gasteiger partial charge in [0.15, 0.2) is 10.9 Å². The predicted molar refractivity (Wildman–Crippen MR) is 106 cm³/mol. The Morgan fingerprint density at radius 2 is 2.08 bits per heavy atom. The van der Waals surface area contributed by atoms with Crippen molar-refractivity contribution in [1.29, 1.82) is 0 Å². The van der Waals surface area contributed by atoms with Gasteiger partial charge in [0.1, 0.15) is 5.00 Å². The molecule has 0 atom stereocenters. The van der Waals surface area contributed by atoms with Crippen molar-refractivity contribution in [3.63, 3.8) is 0 Å². The monoisotopic (exact) mass is 395 g/mol. The molecule has 0 aliphatic rings. The van der Waals surface area contributed by atoms with Gasteiger partial charge in [0, 0.05) is 32.9 Å². The number of rotatable bonds is 5. The number of aromatic nitrogens is 2. The highest BCUT2D eigenvalue weighted by Gasteiger charge is 2.26. The fourth-order valence-corrected chi connectivity index (χ4v) is 3.70. The maximum absolute atomic E-state index is 12.3. The third-order valence-corrected chi connectivity index (χ3v) is 4.97. The van der Waals surface area contributed by atoms with Crippen LogP contribution in [0, 0.1) is 6.92 Å². The molecule has 0 fully saturated rings. The molecular weight excluding hydrogens is 374 g/mol. The molecule has 0 aromatic carbocycles. The zero-order chi connectivity index (χ0) is 19.4. The first kappa shape index (κ1) is 19.9. The van der Waals surface area contributed by atoms with Crippen LogP contribution in [0.4, 0.5) is 10.8 Å². The maximum Gasteiger partial charge on any atom is 0.341 e. The highest BCUT2D eigenvalue weighted by Crippen LogP contribution is 2.34. The number of hydrogen-bond donors (Lipinski definition) is 2. The SMILES string of the molecule is CCn1ccc(NC(=S)Nc2sc(C(=O)N(C)C)c(C)c2C(=O)OC)n1. The van der Waals surface area contributed by atoms with Gasteiger partial charge in [-0.25, -0.2) is 4.79 Å². The molecule has 0 saturated carbocycles. The van der Waals surface area contributed by atoms with Crippen molar-refractivity contribution in [2.24, 2.45) is 0 Å². The van der Waals surface area contributed by atoms with Crippen LogP contribution in [0.25, 0.3) is 0 Å². The van der Waals surface area contributed by atoms with Gasteiger partial charge < -0.3 is 20.3 Å². The summed E-state index contributed by atoms with van der Waals surface area (Å²) in [5, 5.41) is 10.9. The Morgan fingerprint density at radius 3 is 2.62 bits per heavy atom. The first-order valence-electron chi connectivity index (χ1n) is 7.83. The number of thiocarbonyl (C=S) groups is 1. The number of ether oxygens (including phenoxy) is 1. The average Bonchev–Trinajstić information content (AvgIpc) is 3.17. The van der Waals surface area contributed by atoms with Crippen LogP contribution in [0.3, 0.4) is 0 Å². The lowest BCUT2D eigenvalue weighted by atomic mass is 10.1. The highest BCUT2D eigenvalue weighted by molar-refractivity contribution is 7.80. The molecule has 0 unspecified atom stereocenters. The van der Waals surface area contributed by atoms with Gasteiger partial charge >= 0.3 is 5.97 Å². The minimum Gasteiger partial charge on any atom is -0.465 e. The average molecular weight is 396 g/mol. The number of esters is 1. The van der Waals surface area contributed by atoms with Crippen molar-refractivity contribution in [1.82, 2.24) is 14.7 Å². The van der Waals surface area contributed by atoms with Crippen LogP contribution < -0.4 is 10.6 Å². The van der Waals surface area contributed by atoms with Gasteiger partial charge in [-0.2, -0.15) is 5.10 Å². The van der Waals surface area contributed by atoms with E-state index in [1.54, 1.807) is 31.8 Å². The molecule has 140 valence electrons. The largest absolute Gasteiger partial charge is 0.465 e. The molecule has 2 N–H and O–H groups in total. The quantitative estimate of drug-likeness (QED) is 0.594. The van der Waals surface area contributed by atoms with Crippen molar-refractivity contribution in [3.8, 4) is 0 Å². The van der Waals surface area contributed by atoms with E-state index in [4.69, 9.17) is 17.0 Å². The van der Waals surface area contributed by atoms with Gasteiger partial charge in [0.05, 0.1) is 17.6 Å². The third-order valence-electron chi connectivity index (χ3n) is 3.57. The van der Waals surface area contributed by atoms with Gasteiger partial charge in [-0.1, -0.05) is 0 Å². The number of carbonyl (C=O) groups is 2. The Hall–Kier alpha value is -2.46. The van der Waals surface area contributed by atoms with Crippen LogP contribution in [-0.2, 0) is 11.3 Å². The summed E-state index contributed by atoms with van der Waals surface area (Å²) >= 11 is 6.46. The molecule has 26 heavy (non-hydrogen) atoms. The molecule has 2 aromatic rings. The molecule has 0 bridgehead atoms. The highest BCUT2D eigenvalue weighted by atomic mass is 32.1. The van der Waals surface area contributed by atoms with Crippen LogP contribution in [0.15, 0.2) is 12.3 Å². The molecule has 0 aliphatic carbocycles. The first-order valence-corrected chi connectivity index (χ1v) is 9.05. The minimum absolute atomic E-state index is 0.189. The van der Waals surface area contributed by atoms with Crippen LogP contribution in [0.1, 0.15) is 32.5 Å². The summed E-state index contributed by atoms with van der Waals surface area (Å²) in [5.41, 5.74) is 0.854. The van der Waals surface area contributed by atoms with Gasteiger partial charge in [0.2, 0.25) is 0 Å². The number of anilines is 2. The van der Waals surface area contributed by atoms with E-state index in [9.17, 15) is 9.59 Å². The normalized spacial score (nSPS) is 10.3. The number of nitrogens with one attached hydrogen (secondary N) is 2. The third kappa shape index (κ3) is 4.20. The van der Waals surface area contributed by atoms with Gasteiger partial charge in [-0.05, 0) is 31.6 Å². The van der Waals surface area contributed by atoms with E-state index in [0.717, 1.165) is 17.9 Å². The lowest BCUT2D eigenvalue weighted by Gasteiger charge is -2.09. The smallest absolute Gasteiger partial charge is 0.341 e. The van der Waals surface area contributed by atoms with E-state index < -0.39 is 5.97 Å². The fraction of sp³-hybridized carbons (Fsp3) is 0.375. The Balaban J connectivity index is 2.29. The second-order valence-corrected chi connectivity index (χ2v) is 7.02. The number of methoxy groups -OCH3 is 1. The van der Waals surface area contributed by atoms with E-state index in [1.807, 2.05) is 13.1 Å². The molecular formula is C16H21N5O3S2. The zero-order valence-electron chi connectivity index (χ0n) is 15.2. The summed E-state index contributed by atoms with van der Waals surface area (Å²) in [6, 6.07) is 1.79. The number of thiophene rings is 1. The molecule has 2 heterocycles. The first-order chi connectivity index (χ1) is 12.3. The summed E-state index contributed by atoms with van der Waals surface area (Å²) < 4.78 is 6.61. The molecule has 0 spiro atoms. The van der Waals surface area contributed by atoms with Crippen LogP contribution in [0.5, 0.6) is 0 Å². The Bertz CT molecular complexity index is 841. The van der Waals surface area contributed by atoms with Crippen molar-refractivity contribution >= 4 is 51.4 Å². The molecule has 2 aromatic heterocycles. The molecule has 0 saturated heterocycles. The Morgan fingerprint density at radius 1 is 1.38 bits per heavy atom. The summed E-state index contributed by atoms with van der Waals surface area (Å²) in [4.78, 5) is 26.4. The van der Waals surface area contributed by atoms with Crippen LogP contribution in [-0.4, -0.2) is 52.9 Å². The lowest BCUT2D eigenvalue weighted by molar-refractivity contribution is 0.0601. The molecule has 8 nitrogen and oxygen atoms in total. The zero-order valence-corrected chi connectivity index (χ0v) is 16.9. The Kier molecular flexibility index (Phi) is 6.32. The summed E-state index contributed by atoms with van der Waals surface area (Å²) in [6.07, 6.45) is 1.83. The lowest BCUT2D eigenvalue weighted by Crippen LogP contribution is -2.21. The number of carbonyl (C=O) groups excluding carboxylic acids is 2. The standard InChI is InChI=1S/C16H21N5O3S2/c1-6-21-8-7-10(19-21)17-16(25)18-13-11(15(23)24-5)9(2)12(26-13)14(22)20(3)4/h7-8H,6H2,1-5H3,(H2,17,18,19,25). The molecule has 1 amide bonds. The van der Waals surface area contributed by atoms with E-state index >= 15 is 0 Å². The van der Waals surface area contributed by atoms with Crippen molar-refractivity contribution < 1.29 is 14.3 Å². The second kappa shape index (κ2) is 8.28. The van der Waals surface area contributed by atoms with E-state index in [0.29, 0.717) is 26.8 Å². The molecule has 0 radical (unpaired) electrons. The molecule has 10 heteroatoms. The van der Waals surface area contributed by atoms with Crippen molar-refractivity contribution in [2.45, 2.75) is 20.4 Å². The summed E-state index contributed by atoms with van der Waals surface area (Å²) in [6.45, 7) is 4.44. The number of nitrogens with zero attached hydrogens (tertiary/aromatic N) is 3. The van der Waals surface area contributed by atoms with Crippen molar-refractivity contribution in [3.05, 3.63) is 28.3 Å². The fourth-order valence-electron chi connectivity index (χ4n) is 2.21. The van der Waals surface area contributed by atoms with Gasteiger partial charge in [0.25, 0.3) is 5.91 Å². The van der Waals surface area contributed by atoms with E-state index in [2.05, 4.69) is 15.7 Å². The van der Waals surface area contributed by atoms with Crippen LogP contribution >= 0.6 is 23.6 Å². The predicted octanol–water partition coefficient (Wildman–Crippen LogP) is 2.57. The summed E-state index contributed by atoms with van der Waals surface area (Å²) in [7, 11) is 4.61. The van der Waals surface area contributed by atoms with E-state index in [-0.39, 0.29) is 11.0 Å². The number of hydrogen-bond acceptors (Lipinski definition) is 6. The minimum atomic E-state index is -0.530. The molecule has 0 aliphatic heterocycles. The van der Waals surface area contributed by atoms with Gasteiger partial charge in [-0.15, -0.1) is 11.3 Å². The molecule has 2 rings (SSSR count). The second-order valence-electron chi connectivity index (χ2n) is 5.59. The Labute approximate surface area is 161 Å². The van der Waals surface area contributed by atoms with Gasteiger partial charge in [-0.3, -0.25) is 9.48 Å². The summed E-state index contributed by atoms with van der Waals surface area (Å²) in [5.74, 6) is -0.134. The van der Waals surface area contributed by atoms with E-state index in [1.165, 1.54) is 12.0 Å². The van der Waals surface area contributed by atoms with Crippen LogP contribution in [0.2, 0.25) is 0 Å². The topological polar surface area (TPSA) is 88.5 Å². The van der Waals surface area contributed by atoms with Crippen molar-refractivity contribution in [2.75, 3.05) is 31.8 Å².